The summed E-state index contributed by atoms with van der Waals surface area (Å²) < 4.78 is 0. The van der Waals surface area contributed by atoms with Crippen LogP contribution in [0.2, 0.25) is 0 Å². The molecule has 26 heavy (non-hydrogen) atoms. The van der Waals surface area contributed by atoms with Crippen molar-refractivity contribution in [3.05, 3.63) is 65.2 Å². The molecule has 0 aliphatic heterocycles. The van der Waals surface area contributed by atoms with Crippen LogP contribution in [0.3, 0.4) is 0 Å². The number of benzene rings is 2. The molecule has 2 aromatic carbocycles. The average molecular weight is 374 g/mol. The van der Waals surface area contributed by atoms with Gasteiger partial charge in [0.2, 0.25) is 5.91 Å². The summed E-state index contributed by atoms with van der Waals surface area (Å²) in [7, 11) is 0. The minimum Gasteiger partial charge on any atom is -0.329 e. The predicted molar refractivity (Wildman–Crippen MR) is 110 cm³/mol. The summed E-state index contributed by atoms with van der Waals surface area (Å²) in [6.45, 7) is 2.49. The van der Waals surface area contributed by atoms with Gasteiger partial charge in [-0.15, -0.1) is 12.4 Å². The van der Waals surface area contributed by atoms with Gasteiger partial charge in [0.15, 0.2) is 0 Å². The molecule has 0 spiro atoms. The molecule has 0 saturated heterocycles. The van der Waals surface area contributed by atoms with Crippen molar-refractivity contribution in [3.8, 4) is 0 Å². The van der Waals surface area contributed by atoms with Gasteiger partial charge in [-0.2, -0.15) is 0 Å². The zero-order valence-corrected chi connectivity index (χ0v) is 15.9. The predicted octanol–water partition coefficient (Wildman–Crippen LogP) is 3.04. The second-order valence-corrected chi connectivity index (χ2v) is 6.69. The van der Waals surface area contributed by atoms with E-state index >= 15 is 0 Å². The maximum Gasteiger partial charge on any atom is 0.238 e. The van der Waals surface area contributed by atoms with Gasteiger partial charge in [-0.3, -0.25) is 9.69 Å². The zero-order chi connectivity index (χ0) is 17.5. The summed E-state index contributed by atoms with van der Waals surface area (Å²) in [5.74, 6) is 0.0273. The molecule has 3 rings (SSSR count). The van der Waals surface area contributed by atoms with Crippen LogP contribution in [-0.2, 0) is 24.1 Å². The fraction of sp³-hybridized carbons (Fsp3) is 0.381. The van der Waals surface area contributed by atoms with E-state index in [9.17, 15) is 4.79 Å². The number of rotatable bonds is 8. The number of hydrogen-bond donors (Lipinski definition) is 2. The van der Waals surface area contributed by atoms with Crippen molar-refractivity contribution in [3.63, 3.8) is 0 Å². The Kier molecular flexibility index (Phi) is 8.10. The summed E-state index contributed by atoms with van der Waals surface area (Å²) in [5.41, 5.74) is 10.7. The Bertz CT molecular complexity index is 706. The second-order valence-electron chi connectivity index (χ2n) is 6.69. The molecule has 5 heteroatoms. The maximum atomic E-state index is 12.4. The van der Waals surface area contributed by atoms with E-state index in [0.29, 0.717) is 13.1 Å². The second kappa shape index (κ2) is 10.3. The Labute approximate surface area is 162 Å². The molecule has 4 nitrogen and oxygen atoms in total. The van der Waals surface area contributed by atoms with E-state index in [0.717, 1.165) is 38.0 Å². The number of aryl methyl sites for hydroxylation is 2. The fourth-order valence-corrected chi connectivity index (χ4v) is 3.44. The van der Waals surface area contributed by atoms with Crippen LogP contribution in [0.25, 0.3) is 0 Å². The third kappa shape index (κ3) is 5.84. The molecular weight excluding hydrogens is 346 g/mol. The molecule has 0 bridgehead atoms. The van der Waals surface area contributed by atoms with Crippen LogP contribution >= 0.6 is 12.4 Å². The number of carbonyl (C=O) groups excluding carboxylic acids is 1. The van der Waals surface area contributed by atoms with Gasteiger partial charge in [0.05, 0.1) is 6.54 Å². The van der Waals surface area contributed by atoms with Crippen molar-refractivity contribution < 1.29 is 4.79 Å². The molecule has 0 aromatic heterocycles. The normalized spacial score (nSPS) is 12.5. The van der Waals surface area contributed by atoms with Gasteiger partial charge in [-0.05, 0) is 54.5 Å². The number of carbonyl (C=O) groups is 1. The Hall–Kier alpha value is -1.88. The molecule has 0 unspecified atom stereocenters. The summed E-state index contributed by atoms with van der Waals surface area (Å²) in [4.78, 5) is 14.5. The zero-order valence-electron chi connectivity index (χ0n) is 15.1. The van der Waals surface area contributed by atoms with Crippen molar-refractivity contribution >= 4 is 24.0 Å². The van der Waals surface area contributed by atoms with Crippen LogP contribution in [0.15, 0.2) is 48.5 Å². The standard InChI is InChI=1S/C21H27N3O.ClH/c22-12-14-24(13-11-17-5-2-1-3-6-17)16-21(25)23-20-10-9-18-7-4-8-19(18)15-20;/h1-3,5-6,9-10,15H,4,7-8,11-14,16,22H2,(H,23,25);1H. The first-order chi connectivity index (χ1) is 12.2. The lowest BCUT2D eigenvalue weighted by atomic mass is 10.1. The third-order valence-electron chi connectivity index (χ3n) is 4.75. The van der Waals surface area contributed by atoms with Gasteiger partial charge in [-0.1, -0.05) is 36.4 Å². The molecule has 1 amide bonds. The van der Waals surface area contributed by atoms with Crippen LogP contribution in [0, 0.1) is 0 Å². The number of hydrogen-bond acceptors (Lipinski definition) is 3. The Morgan fingerprint density at radius 1 is 1.04 bits per heavy atom. The summed E-state index contributed by atoms with van der Waals surface area (Å²) >= 11 is 0. The lowest BCUT2D eigenvalue weighted by Crippen LogP contribution is -2.38. The highest BCUT2D eigenvalue weighted by molar-refractivity contribution is 5.92. The van der Waals surface area contributed by atoms with Crippen LogP contribution < -0.4 is 11.1 Å². The van der Waals surface area contributed by atoms with E-state index < -0.39 is 0 Å². The fourth-order valence-electron chi connectivity index (χ4n) is 3.44. The van der Waals surface area contributed by atoms with Gasteiger partial charge in [0, 0.05) is 25.3 Å². The number of amides is 1. The van der Waals surface area contributed by atoms with Crippen LogP contribution in [0.5, 0.6) is 0 Å². The van der Waals surface area contributed by atoms with Crippen molar-refractivity contribution in [2.75, 3.05) is 31.5 Å². The van der Waals surface area contributed by atoms with E-state index in [1.54, 1.807) is 0 Å². The van der Waals surface area contributed by atoms with Crippen molar-refractivity contribution in [2.45, 2.75) is 25.7 Å². The van der Waals surface area contributed by atoms with Crippen molar-refractivity contribution in [1.29, 1.82) is 0 Å². The first-order valence-electron chi connectivity index (χ1n) is 9.12. The average Bonchev–Trinajstić information content (AvgIpc) is 3.08. The highest BCUT2D eigenvalue weighted by Gasteiger charge is 2.13. The summed E-state index contributed by atoms with van der Waals surface area (Å²) in [6.07, 6.45) is 4.42. The topological polar surface area (TPSA) is 58.4 Å². The number of nitrogens with zero attached hydrogens (tertiary/aromatic N) is 1. The lowest BCUT2D eigenvalue weighted by molar-refractivity contribution is -0.117. The third-order valence-corrected chi connectivity index (χ3v) is 4.75. The Morgan fingerprint density at radius 3 is 2.58 bits per heavy atom. The molecule has 2 aromatic rings. The van der Waals surface area contributed by atoms with Gasteiger partial charge < -0.3 is 11.1 Å². The molecule has 0 heterocycles. The lowest BCUT2D eigenvalue weighted by Gasteiger charge is -2.21. The van der Waals surface area contributed by atoms with Crippen LogP contribution in [0.4, 0.5) is 5.69 Å². The minimum absolute atomic E-state index is 0. The Morgan fingerprint density at radius 2 is 1.81 bits per heavy atom. The summed E-state index contributed by atoms with van der Waals surface area (Å²) in [6, 6.07) is 16.6. The van der Waals surface area contributed by atoms with Crippen LogP contribution in [0.1, 0.15) is 23.1 Å². The molecule has 0 radical (unpaired) electrons. The highest BCUT2D eigenvalue weighted by atomic mass is 35.5. The SMILES string of the molecule is Cl.NCCN(CCc1ccccc1)CC(=O)Nc1ccc2c(c1)CCC2. The molecule has 0 atom stereocenters. The smallest absolute Gasteiger partial charge is 0.238 e. The molecule has 1 aliphatic rings. The first kappa shape index (κ1) is 20.4. The van der Waals surface area contributed by atoms with E-state index in [2.05, 4.69) is 34.5 Å². The van der Waals surface area contributed by atoms with E-state index in [4.69, 9.17) is 5.73 Å². The highest BCUT2D eigenvalue weighted by Crippen LogP contribution is 2.24. The Balaban J connectivity index is 0.00000243. The molecule has 140 valence electrons. The number of halogens is 1. The molecular formula is C21H28ClN3O. The number of nitrogens with one attached hydrogen (secondary N) is 1. The van der Waals surface area contributed by atoms with Gasteiger partial charge in [-0.25, -0.2) is 0 Å². The largest absolute Gasteiger partial charge is 0.329 e. The number of anilines is 1. The molecule has 0 fully saturated rings. The quantitative estimate of drug-likeness (QED) is 0.747. The van der Waals surface area contributed by atoms with E-state index in [1.807, 2.05) is 24.3 Å². The van der Waals surface area contributed by atoms with Gasteiger partial charge >= 0.3 is 0 Å². The number of nitrogens with two attached hydrogens (primary N) is 1. The molecule has 1 aliphatic carbocycles. The van der Waals surface area contributed by atoms with Crippen molar-refractivity contribution in [1.82, 2.24) is 4.90 Å². The summed E-state index contributed by atoms with van der Waals surface area (Å²) in [5, 5.41) is 3.04. The van der Waals surface area contributed by atoms with Gasteiger partial charge in [0.1, 0.15) is 0 Å². The minimum atomic E-state index is 0. The number of fused-ring (bicyclic) bond motifs is 1. The van der Waals surface area contributed by atoms with E-state index in [-0.39, 0.29) is 18.3 Å². The van der Waals surface area contributed by atoms with E-state index in [1.165, 1.54) is 23.1 Å². The van der Waals surface area contributed by atoms with Crippen molar-refractivity contribution in [2.24, 2.45) is 5.73 Å². The monoisotopic (exact) mass is 373 g/mol. The molecule has 3 N–H and O–H groups in total. The maximum absolute atomic E-state index is 12.4. The molecule has 0 saturated carbocycles. The van der Waals surface area contributed by atoms with Crippen LogP contribution in [-0.4, -0.2) is 37.0 Å². The van der Waals surface area contributed by atoms with Gasteiger partial charge in [0.25, 0.3) is 0 Å². The first-order valence-corrected chi connectivity index (χ1v) is 9.12.